The maximum Gasteiger partial charge on any atom is 0.225 e. The maximum atomic E-state index is 5.81. The molecule has 0 saturated carbocycles. The molecule has 1 aromatic rings. The first-order valence-electron chi connectivity index (χ1n) is 8.60. The van der Waals surface area contributed by atoms with Gasteiger partial charge in [0.15, 0.2) is 0 Å². The molecule has 5 nitrogen and oxygen atoms in total. The van der Waals surface area contributed by atoms with E-state index in [0.29, 0.717) is 12.2 Å². The monoisotopic (exact) mass is 304 g/mol. The van der Waals surface area contributed by atoms with Crippen molar-refractivity contribution in [3.05, 3.63) is 18.5 Å². The molecule has 0 spiro atoms. The van der Waals surface area contributed by atoms with E-state index < -0.39 is 0 Å². The van der Waals surface area contributed by atoms with E-state index in [1.54, 1.807) is 0 Å². The van der Waals surface area contributed by atoms with Crippen molar-refractivity contribution in [3.63, 3.8) is 0 Å². The van der Waals surface area contributed by atoms with Crippen LogP contribution < -0.4 is 4.90 Å². The van der Waals surface area contributed by atoms with Gasteiger partial charge in [-0.05, 0) is 51.6 Å². The first-order chi connectivity index (χ1) is 10.7. The molecule has 3 heterocycles. The number of aromatic nitrogens is 2. The fourth-order valence-electron chi connectivity index (χ4n) is 3.71. The second kappa shape index (κ2) is 7.38. The fourth-order valence-corrected chi connectivity index (χ4v) is 3.71. The van der Waals surface area contributed by atoms with Crippen LogP contribution in [0.4, 0.5) is 5.95 Å². The topological polar surface area (TPSA) is 41.5 Å². The van der Waals surface area contributed by atoms with Crippen molar-refractivity contribution in [2.45, 2.75) is 45.3 Å². The van der Waals surface area contributed by atoms with Crippen molar-refractivity contribution >= 4 is 5.95 Å². The summed E-state index contributed by atoms with van der Waals surface area (Å²) in [6.45, 7) is 9.92. The van der Waals surface area contributed by atoms with Gasteiger partial charge in [-0.3, -0.25) is 4.90 Å². The smallest absolute Gasteiger partial charge is 0.225 e. The lowest BCUT2D eigenvalue weighted by molar-refractivity contribution is -0.0690. The van der Waals surface area contributed by atoms with Crippen molar-refractivity contribution in [1.82, 2.24) is 14.9 Å². The van der Waals surface area contributed by atoms with Gasteiger partial charge in [-0.15, -0.1) is 0 Å². The highest BCUT2D eigenvalue weighted by atomic mass is 16.5. The number of ether oxygens (including phenoxy) is 1. The molecule has 2 saturated heterocycles. The minimum absolute atomic E-state index is 0.376. The fraction of sp³-hybridized carbons (Fsp3) is 0.765. The van der Waals surface area contributed by atoms with Gasteiger partial charge in [-0.25, -0.2) is 9.97 Å². The lowest BCUT2D eigenvalue weighted by Crippen LogP contribution is -2.46. The summed E-state index contributed by atoms with van der Waals surface area (Å²) in [6.07, 6.45) is 8.23. The zero-order valence-electron chi connectivity index (χ0n) is 13.8. The molecule has 0 N–H and O–H groups in total. The van der Waals surface area contributed by atoms with Gasteiger partial charge >= 0.3 is 0 Å². The van der Waals surface area contributed by atoms with Crippen molar-refractivity contribution in [2.75, 3.05) is 37.6 Å². The van der Waals surface area contributed by atoms with Crippen LogP contribution in [0, 0.1) is 5.92 Å². The molecule has 0 radical (unpaired) electrons. The standard InChI is InChI=1S/C17H28N4O/c1-14-12-20(13-15(2)22-14)9-4-16-5-10-21(11-6-16)17-18-7-3-8-19-17/h3,7-8,14-16H,4-6,9-13H2,1-2H3. The number of nitrogens with zero attached hydrogens (tertiary/aromatic N) is 4. The van der Waals surface area contributed by atoms with Crippen molar-refractivity contribution in [2.24, 2.45) is 5.92 Å². The summed E-state index contributed by atoms with van der Waals surface area (Å²) in [5.74, 6) is 1.73. The molecule has 122 valence electrons. The van der Waals surface area contributed by atoms with Crippen molar-refractivity contribution in [1.29, 1.82) is 0 Å². The van der Waals surface area contributed by atoms with E-state index in [0.717, 1.165) is 38.0 Å². The van der Waals surface area contributed by atoms with Gasteiger partial charge in [-0.1, -0.05) is 0 Å². The lowest BCUT2D eigenvalue weighted by atomic mass is 9.93. The minimum atomic E-state index is 0.376. The normalized spacial score (nSPS) is 28.0. The third-order valence-corrected chi connectivity index (χ3v) is 4.80. The van der Waals surface area contributed by atoms with Crippen LogP contribution in [0.1, 0.15) is 33.1 Å². The minimum Gasteiger partial charge on any atom is -0.373 e. The van der Waals surface area contributed by atoms with Crippen molar-refractivity contribution in [3.8, 4) is 0 Å². The molecule has 1 aromatic heterocycles. The molecule has 0 aromatic carbocycles. The third-order valence-electron chi connectivity index (χ3n) is 4.80. The molecule has 2 aliphatic rings. The Morgan fingerprint density at radius 2 is 1.73 bits per heavy atom. The summed E-state index contributed by atoms with van der Waals surface area (Å²) in [7, 11) is 0. The second-order valence-electron chi connectivity index (χ2n) is 6.78. The van der Waals surface area contributed by atoms with E-state index in [2.05, 4.69) is 33.6 Å². The van der Waals surface area contributed by atoms with Crippen molar-refractivity contribution < 1.29 is 4.74 Å². The molecule has 2 unspecified atom stereocenters. The molecule has 3 rings (SSSR count). The Kier molecular flexibility index (Phi) is 5.26. The van der Waals surface area contributed by atoms with Crippen LogP contribution in [-0.4, -0.2) is 59.8 Å². The van der Waals surface area contributed by atoms with Gasteiger partial charge < -0.3 is 9.64 Å². The lowest BCUT2D eigenvalue weighted by Gasteiger charge is -2.37. The first-order valence-corrected chi connectivity index (χ1v) is 8.60. The van der Waals surface area contributed by atoms with Crippen LogP contribution in [0.2, 0.25) is 0 Å². The average molecular weight is 304 g/mol. The van der Waals surface area contributed by atoms with Crippen LogP contribution in [0.3, 0.4) is 0 Å². The number of hydrogen-bond donors (Lipinski definition) is 0. The van der Waals surface area contributed by atoms with E-state index in [1.807, 2.05) is 18.5 Å². The maximum absolute atomic E-state index is 5.81. The van der Waals surface area contributed by atoms with E-state index >= 15 is 0 Å². The van der Waals surface area contributed by atoms with Crippen LogP contribution in [0.15, 0.2) is 18.5 Å². The molecule has 0 aliphatic carbocycles. The summed E-state index contributed by atoms with van der Waals surface area (Å²) >= 11 is 0. The summed E-state index contributed by atoms with van der Waals surface area (Å²) in [5, 5.41) is 0. The molecule has 0 amide bonds. The molecule has 2 aliphatic heterocycles. The highest BCUT2D eigenvalue weighted by Crippen LogP contribution is 2.23. The molecule has 2 atom stereocenters. The quantitative estimate of drug-likeness (QED) is 0.853. The number of morpholine rings is 1. The SMILES string of the molecule is CC1CN(CCC2CCN(c3ncccn3)CC2)CC(C)O1. The molecule has 22 heavy (non-hydrogen) atoms. The van der Waals surface area contributed by atoms with Crippen LogP contribution in [0.25, 0.3) is 0 Å². The average Bonchev–Trinajstić information content (AvgIpc) is 2.53. The Morgan fingerprint density at radius 3 is 2.36 bits per heavy atom. The molecular formula is C17H28N4O. The summed E-state index contributed by atoms with van der Waals surface area (Å²) in [5.41, 5.74) is 0. The largest absolute Gasteiger partial charge is 0.373 e. The summed E-state index contributed by atoms with van der Waals surface area (Å²) in [6, 6.07) is 1.88. The van der Waals surface area contributed by atoms with Crippen LogP contribution in [-0.2, 0) is 4.74 Å². The first kappa shape index (κ1) is 15.7. The van der Waals surface area contributed by atoms with Crippen LogP contribution in [0.5, 0.6) is 0 Å². The van der Waals surface area contributed by atoms with E-state index in [-0.39, 0.29) is 0 Å². The van der Waals surface area contributed by atoms with Gasteiger partial charge in [0, 0.05) is 38.6 Å². The number of anilines is 1. The second-order valence-corrected chi connectivity index (χ2v) is 6.78. The molecular weight excluding hydrogens is 276 g/mol. The molecule has 2 fully saturated rings. The number of piperidine rings is 1. The Labute approximate surface area is 133 Å². The van der Waals surface area contributed by atoms with Gasteiger partial charge in [0.05, 0.1) is 12.2 Å². The van der Waals surface area contributed by atoms with Gasteiger partial charge in [0.2, 0.25) is 5.95 Å². The molecule has 5 heteroatoms. The summed E-state index contributed by atoms with van der Waals surface area (Å²) < 4.78 is 5.81. The Morgan fingerprint density at radius 1 is 1.09 bits per heavy atom. The van der Waals surface area contributed by atoms with Crippen LogP contribution >= 0.6 is 0 Å². The van der Waals surface area contributed by atoms with Gasteiger partial charge in [0.25, 0.3) is 0 Å². The zero-order chi connectivity index (χ0) is 15.4. The predicted molar refractivity (Wildman–Crippen MR) is 88.0 cm³/mol. The van der Waals surface area contributed by atoms with E-state index in [1.165, 1.54) is 25.8 Å². The number of hydrogen-bond acceptors (Lipinski definition) is 5. The van der Waals surface area contributed by atoms with Gasteiger partial charge in [0.1, 0.15) is 0 Å². The number of rotatable bonds is 4. The highest BCUT2D eigenvalue weighted by molar-refractivity contribution is 5.28. The zero-order valence-corrected chi connectivity index (χ0v) is 13.8. The van der Waals surface area contributed by atoms with E-state index in [4.69, 9.17) is 4.74 Å². The predicted octanol–water partition coefficient (Wildman–Crippen LogP) is 2.19. The Bertz CT molecular complexity index is 437. The Hall–Kier alpha value is -1.20. The molecule has 0 bridgehead atoms. The summed E-state index contributed by atoms with van der Waals surface area (Å²) in [4.78, 5) is 13.6. The van der Waals surface area contributed by atoms with Gasteiger partial charge in [-0.2, -0.15) is 0 Å². The Balaban J connectivity index is 1.41. The highest BCUT2D eigenvalue weighted by Gasteiger charge is 2.24. The third kappa shape index (κ3) is 4.17. The van der Waals surface area contributed by atoms with E-state index in [9.17, 15) is 0 Å².